The zero-order valence-corrected chi connectivity index (χ0v) is 20.0. The van der Waals surface area contributed by atoms with Crippen molar-refractivity contribution in [3.05, 3.63) is 51.5 Å². The summed E-state index contributed by atoms with van der Waals surface area (Å²) in [7, 11) is 1.96. The van der Waals surface area contributed by atoms with Crippen LogP contribution in [0.2, 0.25) is 10.0 Å². The van der Waals surface area contributed by atoms with Crippen molar-refractivity contribution in [2.24, 2.45) is 28.6 Å². The first kappa shape index (κ1) is 21.6. The van der Waals surface area contributed by atoms with E-state index in [2.05, 4.69) is 26.0 Å². The van der Waals surface area contributed by atoms with Crippen LogP contribution in [0.4, 0.5) is 0 Å². The molecular weight excluding hydrogens is 429 g/mol. The molecule has 4 aliphatic rings. The Morgan fingerprint density at radius 2 is 1.81 bits per heavy atom. The first-order valence-electron chi connectivity index (χ1n) is 11.4. The maximum Gasteiger partial charge on any atom is 0.246 e. The summed E-state index contributed by atoms with van der Waals surface area (Å²) in [4.78, 5) is 14.2. The molecule has 0 saturated heterocycles. The van der Waals surface area contributed by atoms with E-state index in [1.165, 1.54) is 0 Å². The number of aliphatic hydroxyl groups excluding tert-OH is 1. The van der Waals surface area contributed by atoms with E-state index >= 15 is 0 Å². The molecule has 0 aromatic heterocycles. The Kier molecular flexibility index (Phi) is 5.12. The minimum Gasteiger partial charge on any atom is -0.388 e. The van der Waals surface area contributed by atoms with Crippen LogP contribution in [-0.2, 0) is 4.79 Å². The summed E-state index contributed by atoms with van der Waals surface area (Å²) in [6, 6.07) is 5.84. The molecule has 7 atom stereocenters. The number of aliphatic hydroxyl groups is 1. The molecule has 3 fully saturated rings. The molecule has 5 rings (SSSR count). The number of carbonyl (C=O) groups excluding carboxylic acids is 1. The third-order valence-electron chi connectivity index (χ3n) is 9.23. The fourth-order valence-electron chi connectivity index (χ4n) is 7.61. The molecule has 1 aromatic rings. The topological polar surface area (TPSA) is 40.5 Å². The molecule has 0 bridgehead atoms. The standard InChI is InChI=1S/C26H31Cl2NO2/c1-25-9-7-23(30)29(3)22(25)5-4-19-20(25)6-8-26(2)21(19)13-16(24(26)31)10-15-11-17(27)14-18(28)12-15/h7,9-12,14,19-22,24,31H,4-6,8,13H2,1-3H3/t19-,20+,21+,22-,24+,25-,26+/m1/s1. The van der Waals surface area contributed by atoms with Crippen LogP contribution < -0.4 is 0 Å². The predicted molar refractivity (Wildman–Crippen MR) is 126 cm³/mol. The number of halogens is 2. The van der Waals surface area contributed by atoms with Crippen molar-refractivity contribution in [3.63, 3.8) is 0 Å². The molecule has 0 unspecified atom stereocenters. The van der Waals surface area contributed by atoms with Crippen LogP contribution in [0.5, 0.6) is 0 Å². The highest BCUT2D eigenvalue weighted by atomic mass is 35.5. The van der Waals surface area contributed by atoms with Gasteiger partial charge in [0, 0.05) is 34.0 Å². The highest BCUT2D eigenvalue weighted by molar-refractivity contribution is 6.34. The van der Waals surface area contributed by atoms with Crippen LogP contribution in [0.25, 0.3) is 6.08 Å². The molecule has 3 nitrogen and oxygen atoms in total. The molecule has 1 amide bonds. The van der Waals surface area contributed by atoms with E-state index in [0.717, 1.165) is 43.2 Å². The van der Waals surface area contributed by atoms with Gasteiger partial charge in [-0.25, -0.2) is 0 Å². The average Bonchev–Trinajstić information content (AvgIpc) is 2.95. The van der Waals surface area contributed by atoms with E-state index in [1.54, 1.807) is 12.1 Å². The van der Waals surface area contributed by atoms with Gasteiger partial charge in [0.25, 0.3) is 0 Å². The van der Waals surface area contributed by atoms with Crippen molar-refractivity contribution in [2.45, 2.75) is 58.1 Å². The Balaban J connectivity index is 1.48. The zero-order valence-electron chi connectivity index (χ0n) is 18.4. The van der Waals surface area contributed by atoms with E-state index in [9.17, 15) is 9.90 Å². The fraction of sp³-hybridized carbons (Fsp3) is 0.577. The number of rotatable bonds is 1. The van der Waals surface area contributed by atoms with E-state index in [-0.39, 0.29) is 22.8 Å². The Bertz CT molecular complexity index is 967. The van der Waals surface area contributed by atoms with Gasteiger partial charge in [-0.2, -0.15) is 0 Å². The lowest BCUT2D eigenvalue weighted by Crippen LogP contribution is -2.59. The molecule has 1 N–H and O–H groups in total. The molecule has 1 aromatic carbocycles. The fourth-order valence-corrected chi connectivity index (χ4v) is 8.15. The van der Waals surface area contributed by atoms with E-state index in [4.69, 9.17) is 23.2 Å². The van der Waals surface area contributed by atoms with E-state index < -0.39 is 6.10 Å². The van der Waals surface area contributed by atoms with Gasteiger partial charge in [-0.15, -0.1) is 0 Å². The summed E-state index contributed by atoms with van der Waals surface area (Å²) >= 11 is 12.4. The third-order valence-corrected chi connectivity index (χ3v) is 9.67. The molecule has 166 valence electrons. The number of nitrogens with zero attached hydrogens (tertiary/aromatic N) is 1. The van der Waals surface area contributed by atoms with Gasteiger partial charge in [0.05, 0.1) is 6.10 Å². The average molecular weight is 460 g/mol. The monoisotopic (exact) mass is 459 g/mol. The predicted octanol–water partition coefficient (Wildman–Crippen LogP) is 5.99. The summed E-state index contributed by atoms with van der Waals surface area (Å²) < 4.78 is 0. The molecule has 5 heteroatoms. The van der Waals surface area contributed by atoms with Gasteiger partial charge < -0.3 is 10.0 Å². The van der Waals surface area contributed by atoms with Crippen LogP contribution in [0, 0.1) is 28.6 Å². The quantitative estimate of drug-likeness (QED) is 0.560. The van der Waals surface area contributed by atoms with Crippen LogP contribution in [0.3, 0.4) is 0 Å². The van der Waals surface area contributed by atoms with Gasteiger partial charge in [0.1, 0.15) is 0 Å². The highest BCUT2D eigenvalue weighted by Gasteiger charge is 2.61. The van der Waals surface area contributed by atoms with Crippen molar-refractivity contribution < 1.29 is 9.90 Å². The number of hydrogen-bond donors (Lipinski definition) is 1. The first-order valence-corrected chi connectivity index (χ1v) is 12.2. The first-order chi connectivity index (χ1) is 14.6. The second-order valence-electron chi connectivity index (χ2n) is 10.7. The normalized spacial score (nSPS) is 43.0. The van der Waals surface area contributed by atoms with Crippen molar-refractivity contribution in [2.75, 3.05) is 7.05 Å². The smallest absolute Gasteiger partial charge is 0.246 e. The Labute approximate surface area is 195 Å². The van der Waals surface area contributed by atoms with Gasteiger partial charge in [-0.05, 0) is 85.3 Å². The summed E-state index contributed by atoms with van der Waals surface area (Å²) in [5.41, 5.74) is 1.98. The number of hydrogen-bond acceptors (Lipinski definition) is 2. The Morgan fingerprint density at radius 3 is 2.52 bits per heavy atom. The summed E-state index contributed by atoms with van der Waals surface area (Å²) in [6.07, 6.45) is 10.8. The van der Waals surface area contributed by atoms with Crippen LogP contribution in [-0.4, -0.2) is 35.1 Å². The molecular formula is C26H31Cl2NO2. The van der Waals surface area contributed by atoms with E-state index in [1.807, 2.05) is 24.1 Å². The number of fused-ring (bicyclic) bond motifs is 5. The van der Waals surface area contributed by atoms with Crippen molar-refractivity contribution in [1.82, 2.24) is 4.90 Å². The third kappa shape index (κ3) is 3.22. The largest absolute Gasteiger partial charge is 0.388 e. The zero-order chi connectivity index (χ0) is 22.1. The molecule has 1 aliphatic heterocycles. The van der Waals surface area contributed by atoms with Crippen molar-refractivity contribution in [1.29, 1.82) is 0 Å². The summed E-state index contributed by atoms with van der Waals surface area (Å²) in [6.45, 7) is 4.64. The summed E-state index contributed by atoms with van der Waals surface area (Å²) in [5, 5.41) is 12.6. The second kappa shape index (κ2) is 7.37. The number of benzene rings is 1. The highest BCUT2D eigenvalue weighted by Crippen LogP contribution is 2.65. The molecule has 31 heavy (non-hydrogen) atoms. The lowest BCUT2D eigenvalue weighted by atomic mass is 9.48. The number of likely N-dealkylation sites (N-methyl/N-ethyl adjacent to an activating group) is 1. The van der Waals surface area contributed by atoms with Crippen LogP contribution in [0.15, 0.2) is 35.9 Å². The Morgan fingerprint density at radius 1 is 1.10 bits per heavy atom. The van der Waals surface area contributed by atoms with Crippen molar-refractivity contribution >= 4 is 35.2 Å². The lowest BCUT2D eigenvalue weighted by molar-refractivity contribution is -0.140. The van der Waals surface area contributed by atoms with Gasteiger partial charge >= 0.3 is 0 Å². The van der Waals surface area contributed by atoms with Crippen LogP contribution in [0.1, 0.15) is 51.5 Å². The molecule has 0 spiro atoms. The lowest BCUT2D eigenvalue weighted by Gasteiger charge is -2.59. The molecule has 0 radical (unpaired) electrons. The van der Waals surface area contributed by atoms with Gasteiger partial charge in [-0.3, -0.25) is 4.79 Å². The van der Waals surface area contributed by atoms with E-state index in [0.29, 0.717) is 27.8 Å². The van der Waals surface area contributed by atoms with Gasteiger partial charge in [0.15, 0.2) is 0 Å². The SMILES string of the molecule is CN1C(=O)C=C[C@]2(C)[C@H]3CC[C@]4(C)[C@@H](O)C(=Cc5cc(Cl)cc(Cl)c5)C[C@H]4[C@@H]3CC[C@@H]12. The van der Waals surface area contributed by atoms with Crippen LogP contribution >= 0.6 is 23.2 Å². The second-order valence-corrected chi connectivity index (χ2v) is 11.6. The molecule has 1 heterocycles. The van der Waals surface area contributed by atoms with Crippen molar-refractivity contribution in [3.8, 4) is 0 Å². The minimum absolute atomic E-state index is 0.0187. The maximum absolute atomic E-state index is 12.3. The van der Waals surface area contributed by atoms with Gasteiger partial charge in [-0.1, -0.05) is 49.2 Å². The molecule has 3 aliphatic carbocycles. The minimum atomic E-state index is -0.437. The van der Waals surface area contributed by atoms with Gasteiger partial charge in [0.2, 0.25) is 5.91 Å². The summed E-state index contributed by atoms with van der Waals surface area (Å²) in [5.74, 6) is 1.69. The maximum atomic E-state index is 12.3. The Hall–Kier alpha value is -1.29. The number of carbonyl (C=O) groups is 1. The molecule has 3 saturated carbocycles. The number of amides is 1.